The Kier molecular flexibility index (Phi) is 5.24. The molecule has 0 aromatic heterocycles. The van der Waals surface area contributed by atoms with Gasteiger partial charge in [0.2, 0.25) is 0 Å². The number of hydroxylamine groups is 1. The number of carbonyl (C=O) groups is 1. The summed E-state index contributed by atoms with van der Waals surface area (Å²) >= 11 is 0. The van der Waals surface area contributed by atoms with Gasteiger partial charge in [0.15, 0.2) is 0 Å². The predicted octanol–water partition coefficient (Wildman–Crippen LogP) is 4.17. The molecule has 2 aromatic carbocycles. The fraction of sp³-hybridized carbons (Fsp3) is 0.190. The van der Waals surface area contributed by atoms with Gasteiger partial charge in [0.05, 0.1) is 0 Å². The fourth-order valence-corrected chi connectivity index (χ4v) is 3.08. The minimum absolute atomic E-state index is 0.524. The van der Waals surface area contributed by atoms with Crippen LogP contribution < -0.4 is 5.48 Å². The topological polar surface area (TPSA) is 49.3 Å². The first kappa shape index (κ1) is 16.2. The smallest absolute Gasteiger partial charge is 0.267 e. The lowest BCUT2D eigenvalue weighted by Gasteiger charge is -2.06. The molecular formula is C21H21NO2. The molecule has 0 fully saturated rings. The molecule has 24 heavy (non-hydrogen) atoms. The first-order valence-electron chi connectivity index (χ1n) is 8.24. The Morgan fingerprint density at radius 1 is 1.08 bits per heavy atom. The van der Waals surface area contributed by atoms with Crippen LogP contribution in [-0.2, 0) is 17.6 Å². The zero-order valence-electron chi connectivity index (χ0n) is 13.5. The monoisotopic (exact) mass is 319 g/mol. The van der Waals surface area contributed by atoms with E-state index in [2.05, 4.69) is 42.5 Å². The molecule has 2 N–H and O–H groups in total. The first-order valence-corrected chi connectivity index (χ1v) is 8.24. The molecule has 0 spiro atoms. The predicted molar refractivity (Wildman–Crippen MR) is 96.5 cm³/mol. The summed E-state index contributed by atoms with van der Waals surface area (Å²) in [5.74, 6) is -0.524. The number of hydrogen-bond acceptors (Lipinski definition) is 2. The van der Waals surface area contributed by atoms with Crippen molar-refractivity contribution >= 4 is 17.6 Å². The largest absolute Gasteiger partial charge is 0.288 e. The van der Waals surface area contributed by atoms with Crippen molar-refractivity contribution in [3.8, 4) is 0 Å². The first-order chi connectivity index (χ1) is 11.8. The van der Waals surface area contributed by atoms with E-state index in [-0.39, 0.29) is 0 Å². The molecule has 1 amide bonds. The number of nitrogens with one attached hydrogen (secondary N) is 1. The van der Waals surface area contributed by atoms with Crippen LogP contribution in [0.1, 0.15) is 35.1 Å². The van der Waals surface area contributed by atoms with Crippen molar-refractivity contribution in [3.05, 3.63) is 82.9 Å². The third-order valence-electron chi connectivity index (χ3n) is 4.36. The average molecular weight is 319 g/mol. The summed E-state index contributed by atoms with van der Waals surface area (Å²) < 4.78 is 0. The van der Waals surface area contributed by atoms with Gasteiger partial charge in [-0.3, -0.25) is 10.0 Å². The number of carbonyl (C=O) groups excluding carboxylic acids is 1. The van der Waals surface area contributed by atoms with Crippen molar-refractivity contribution < 1.29 is 10.0 Å². The molecule has 0 atom stereocenters. The Balaban J connectivity index is 1.51. The molecule has 0 heterocycles. The molecule has 0 unspecified atom stereocenters. The summed E-state index contributed by atoms with van der Waals surface area (Å²) in [6.45, 7) is 0. The van der Waals surface area contributed by atoms with Gasteiger partial charge >= 0.3 is 0 Å². The Hall–Kier alpha value is -2.65. The highest BCUT2D eigenvalue weighted by atomic mass is 16.5. The number of fused-ring (bicyclic) bond motifs is 1. The number of aryl methyl sites for hydroxylation is 1. The number of amides is 1. The summed E-state index contributed by atoms with van der Waals surface area (Å²) in [6, 6.07) is 16.8. The minimum atomic E-state index is -0.524. The van der Waals surface area contributed by atoms with Crippen LogP contribution in [0.2, 0.25) is 0 Å². The van der Waals surface area contributed by atoms with Gasteiger partial charge in [-0.1, -0.05) is 54.6 Å². The van der Waals surface area contributed by atoms with Gasteiger partial charge in [0, 0.05) is 6.08 Å². The van der Waals surface area contributed by atoms with Crippen LogP contribution in [0.4, 0.5) is 0 Å². The summed E-state index contributed by atoms with van der Waals surface area (Å²) in [5.41, 5.74) is 8.14. The number of allylic oxidation sites excluding steroid dienone is 2. The molecule has 3 rings (SSSR count). The lowest BCUT2D eigenvalue weighted by atomic mass is 9.99. The molecule has 3 heteroatoms. The maximum Gasteiger partial charge on any atom is 0.267 e. The summed E-state index contributed by atoms with van der Waals surface area (Å²) in [4.78, 5) is 11.0. The van der Waals surface area contributed by atoms with E-state index in [1.807, 2.05) is 12.1 Å². The normalized spacial score (nSPS) is 13.0. The SMILES string of the molecule is O=C(/C=C/c1ccc(CCCC2=CCc3ccccc32)cc1)NO. The van der Waals surface area contributed by atoms with Gasteiger partial charge in [-0.2, -0.15) is 0 Å². The van der Waals surface area contributed by atoms with Crippen LogP contribution >= 0.6 is 0 Å². The van der Waals surface area contributed by atoms with Crippen molar-refractivity contribution in [2.24, 2.45) is 0 Å². The van der Waals surface area contributed by atoms with E-state index in [0.29, 0.717) is 0 Å². The van der Waals surface area contributed by atoms with Crippen LogP contribution in [0.15, 0.2) is 60.7 Å². The molecule has 0 aliphatic heterocycles. The highest BCUT2D eigenvalue weighted by molar-refractivity contribution is 5.90. The quantitative estimate of drug-likeness (QED) is 0.477. The highest BCUT2D eigenvalue weighted by Gasteiger charge is 2.12. The van der Waals surface area contributed by atoms with E-state index >= 15 is 0 Å². The molecular weight excluding hydrogens is 298 g/mol. The van der Waals surface area contributed by atoms with Crippen molar-refractivity contribution in [2.75, 3.05) is 0 Å². The third-order valence-corrected chi connectivity index (χ3v) is 4.36. The lowest BCUT2D eigenvalue weighted by molar-refractivity contribution is -0.124. The van der Waals surface area contributed by atoms with E-state index in [1.165, 1.54) is 28.3 Å². The standard InChI is InChI=1S/C21H21NO2/c23-21(22-24)15-12-17-10-8-16(9-11-17)4-3-6-19-14-13-18-5-1-2-7-20(18)19/h1-2,5,7-12,14-15,24H,3-4,6,13H2,(H,22,23)/b15-12+. The summed E-state index contributed by atoms with van der Waals surface area (Å²) in [6.07, 6.45) is 9.67. The Labute approximate surface area is 142 Å². The van der Waals surface area contributed by atoms with Crippen LogP contribution in [0.3, 0.4) is 0 Å². The second-order valence-electron chi connectivity index (χ2n) is 6.00. The van der Waals surface area contributed by atoms with Gasteiger partial charge in [0.1, 0.15) is 0 Å². The molecule has 0 bridgehead atoms. The van der Waals surface area contributed by atoms with Crippen LogP contribution in [-0.4, -0.2) is 11.1 Å². The van der Waals surface area contributed by atoms with Gasteiger partial charge in [0.25, 0.3) is 5.91 Å². The molecule has 1 aliphatic carbocycles. The molecule has 0 radical (unpaired) electrons. The Morgan fingerprint density at radius 3 is 2.67 bits per heavy atom. The van der Waals surface area contributed by atoms with Crippen LogP contribution in [0.5, 0.6) is 0 Å². The maximum absolute atomic E-state index is 11.0. The second kappa shape index (κ2) is 7.75. The number of rotatable bonds is 6. The van der Waals surface area contributed by atoms with E-state index in [9.17, 15) is 4.79 Å². The minimum Gasteiger partial charge on any atom is -0.288 e. The van der Waals surface area contributed by atoms with Crippen molar-refractivity contribution in [3.63, 3.8) is 0 Å². The average Bonchev–Trinajstić information content (AvgIpc) is 3.04. The molecule has 122 valence electrons. The van der Waals surface area contributed by atoms with Crippen LogP contribution in [0, 0.1) is 0 Å². The molecule has 1 aliphatic rings. The Bertz CT molecular complexity index is 773. The summed E-state index contributed by atoms with van der Waals surface area (Å²) in [7, 11) is 0. The molecule has 0 saturated heterocycles. The maximum atomic E-state index is 11.0. The van der Waals surface area contributed by atoms with Crippen molar-refractivity contribution in [1.29, 1.82) is 0 Å². The zero-order chi connectivity index (χ0) is 16.8. The lowest BCUT2D eigenvalue weighted by Crippen LogP contribution is -2.14. The number of benzene rings is 2. The Morgan fingerprint density at radius 2 is 1.88 bits per heavy atom. The van der Waals surface area contributed by atoms with E-state index in [1.54, 1.807) is 11.6 Å². The van der Waals surface area contributed by atoms with Gasteiger partial charge < -0.3 is 0 Å². The van der Waals surface area contributed by atoms with Crippen molar-refractivity contribution in [1.82, 2.24) is 5.48 Å². The van der Waals surface area contributed by atoms with Gasteiger partial charge in [-0.25, -0.2) is 5.48 Å². The van der Waals surface area contributed by atoms with E-state index in [0.717, 1.165) is 31.2 Å². The van der Waals surface area contributed by atoms with E-state index in [4.69, 9.17) is 5.21 Å². The number of hydrogen-bond donors (Lipinski definition) is 2. The second-order valence-corrected chi connectivity index (χ2v) is 6.00. The van der Waals surface area contributed by atoms with Crippen molar-refractivity contribution in [2.45, 2.75) is 25.7 Å². The van der Waals surface area contributed by atoms with E-state index < -0.39 is 5.91 Å². The highest BCUT2D eigenvalue weighted by Crippen LogP contribution is 2.30. The van der Waals surface area contributed by atoms with Gasteiger partial charge in [-0.05, 0) is 59.6 Å². The summed E-state index contributed by atoms with van der Waals surface area (Å²) in [5, 5.41) is 8.45. The molecule has 2 aromatic rings. The zero-order valence-corrected chi connectivity index (χ0v) is 13.5. The molecule has 0 saturated carbocycles. The molecule has 3 nitrogen and oxygen atoms in total. The van der Waals surface area contributed by atoms with Crippen LogP contribution in [0.25, 0.3) is 11.6 Å². The third kappa shape index (κ3) is 4.00. The van der Waals surface area contributed by atoms with Gasteiger partial charge in [-0.15, -0.1) is 0 Å². The fourth-order valence-electron chi connectivity index (χ4n) is 3.08.